The minimum absolute atomic E-state index is 0.0545. The van der Waals surface area contributed by atoms with Crippen molar-refractivity contribution in [2.45, 2.75) is 13.0 Å². The first-order valence-electron chi connectivity index (χ1n) is 5.71. The third-order valence-electron chi connectivity index (χ3n) is 2.62. The molecule has 0 saturated carbocycles. The fourth-order valence-corrected chi connectivity index (χ4v) is 1.83. The lowest BCUT2D eigenvalue weighted by Gasteiger charge is -2.14. The van der Waals surface area contributed by atoms with E-state index in [0.29, 0.717) is 16.7 Å². The average molecular weight is 293 g/mol. The van der Waals surface area contributed by atoms with Crippen molar-refractivity contribution < 1.29 is 0 Å². The number of nitrogens with zero attached hydrogens (tertiary/aromatic N) is 2. The Morgan fingerprint density at radius 3 is 2.63 bits per heavy atom. The lowest BCUT2D eigenvalue weighted by Crippen LogP contribution is -2.15. The van der Waals surface area contributed by atoms with Crippen molar-refractivity contribution in [3.63, 3.8) is 0 Å². The van der Waals surface area contributed by atoms with Crippen molar-refractivity contribution in [1.29, 1.82) is 0 Å². The summed E-state index contributed by atoms with van der Waals surface area (Å²) in [6.07, 6.45) is 1.62. The molecule has 1 aromatic carbocycles. The number of nitrogens with two attached hydrogens (primary N) is 1. The van der Waals surface area contributed by atoms with Crippen molar-refractivity contribution >= 4 is 34.8 Å². The minimum atomic E-state index is 0.0545. The summed E-state index contributed by atoms with van der Waals surface area (Å²) < 4.78 is 0. The van der Waals surface area contributed by atoms with E-state index in [9.17, 15) is 0 Å². The normalized spacial score (nSPS) is 11.9. The number of rotatable bonds is 4. The van der Waals surface area contributed by atoms with Crippen LogP contribution in [0.2, 0.25) is 5.02 Å². The van der Waals surface area contributed by atoms with E-state index in [1.54, 1.807) is 12.3 Å². The Morgan fingerprint density at radius 1 is 1.32 bits per heavy atom. The van der Waals surface area contributed by atoms with Crippen molar-refractivity contribution in [3.05, 3.63) is 52.8 Å². The van der Waals surface area contributed by atoms with Crippen LogP contribution in [0.4, 0.5) is 5.95 Å². The molecule has 4 nitrogen and oxygen atoms in total. The molecule has 6 heteroatoms. The molecule has 1 heterocycles. The smallest absolute Gasteiger partial charge is 0.223 e. The topological polar surface area (TPSA) is 63.8 Å². The summed E-state index contributed by atoms with van der Waals surface area (Å²) >= 11 is 10.7. The second kappa shape index (κ2) is 5.95. The number of hydrogen-bond donors (Lipinski definition) is 2. The Labute approximate surface area is 122 Å². The van der Waals surface area contributed by atoms with E-state index in [0.717, 1.165) is 5.56 Å². The van der Waals surface area contributed by atoms with E-state index in [-0.39, 0.29) is 11.0 Å². The fraction of sp³-hybridized carbons (Fsp3) is 0.154. The van der Waals surface area contributed by atoms with Gasteiger partial charge in [0, 0.05) is 11.2 Å². The summed E-state index contributed by atoms with van der Waals surface area (Å²) in [6, 6.07) is 9.34. The highest BCUT2D eigenvalue weighted by atomic mass is 35.5. The van der Waals surface area contributed by atoms with Crippen LogP contribution in [0, 0.1) is 0 Å². The van der Waals surface area contributed by atoms with Crippen molar-refractivity contribution in [2.24, 2.45) is 5.73 Å². The third kappa shape index (κ3) is 3.62. The fourth-order valence-electron chi connectivity index (χ4n) is 1.59. The van der Waals surface area contributed by atoms with Gasteiger partial charge in [-0.2, -0.15) is 0 Å². The molecule has 0 aliphatic rings. The van der Waals surface area contributed by atoms with Gasteiger partial charge in [-0.05, 0) is 30.7 Å². The Bertz CT molecular complexity index is 585. The molecular weight excluding hydrogens is 280 g/mol. The summed E-state index contributed by atoms with van der Waals surface area (Å²) in [5.74, 6) is 0.493. The molecule has 2 aromatic rings. The zero-order valence-corrected chi connectivity index (χ0v) is 11.9. The van der Waals surface area contributed by atoms with Gasteiger partial charge in [-0.15, -0.1) is 0 Å². The van der Waals surface area contributed by atoms with Gasteiger partial charge in [-0.25, -0.2) is 9.97 Å². The molecule has 0 radical (unpaired) electrons. The SMILES string of the molecule is CC(Nc1nccc(C(N)=S)n1)c1ccc(Cl)cc1. The first-order valence-corrected chi connectivity index (χ1v) is 6.50. The van der Waals surface area contributed by atoms with Gasteiger partial charge in [-0.3, -0.25) is 0 Å². The van der Waals surface area contributed by atoms with E-state index < -0.39 is 0 Å². The molecule has 1 unspecified atom stereocenters. The average Bonchev–Trinajstić information content (AvgIpc) is 2.39. The Balaban J connectivity index is 2.14. The lowest BCUT2D eigenvalue weighted by molar-refractivity contribution is 0.859. The van der Waals surface area contributed by atoms with Crippen LogP contribution in [0.3, 0.4) is 0 Å². The standard InChI is InChI=1S/C13H13ClN4S/c1-8(9-2-4-10(14)5-3-9)17-13-16-7-6-11(18-13)12(15)19/h2-8H,1H3,(H2,15,19)(H,16,17,18). The molecule has 2 rings (SSSR count). The van der Waals surface area contributed by atoms with Crippen LogP contribution in [0.1, 0.15) is 24.2 Å². The Kier molecular flexibility index (Phi) is 4.29. The minimum Gasteiger partial charge on any atom is -0.388 e. The number of nitrogens with one attached hydrogen (secondary N) is 1. The van der Waals surface area contributed by atoms with Gasteiger partial charge in [0.2, 0.25) is 5.95 Å². The molecular formula is C13H13ClN4S. The maximum atomic E-state index is 5.86. The number of anilines is 1. The monoisotopic (exact) mass is 292 g/mol. The van der Waals surface area contributed by atoms with E-state index in [4.69, 9.17) is 29.6 Å². The van der Waals surface area contributed by atoms with Crippen LogP contribution in [0.5, 0.6) is 0 Å². The molecule has 98 valence electrons. The van der Waals surface area contributed by atoms with Gasteiger partial charge < -0.3 is 11.1 Å². The number of hydrogen-bond acceptors (Lipinski definition) is 4. The highest BCUT2D eigenvalue weighted by Crippen LogP contribution is 2.19. The maximum absolute atomic E-state index is 5.86. The molecule has 3 N–H and O–H groups in total. The number of benzene rings is 1. The summed E-state index contributed by atoms with van der Waals surface area (Å²) in [5.41, 5.74) is 7.18. The highest BCUT2D eigenvalue weighted by molar-refractivity contribution is 7.80. The van der Waals surface area contributed by atoms with Crippen LogP contribution in [-0.2, 0) is 0 Å². The van der Waals surface area contributed by atoms with E-state index in [2.05, 4.69) is 15.3 Å². The summed E-state index contributed by atoms with van der Waals surface area (Å²) in [4.78, 5) is 8.64. The zero-order chi connectivity index (χ0) is 13.8. The quantitative estimate of drug-likeness (QED) is 0.848. The Morgan fingerprint density at radius 2 is 2.00 bits per heavy atom. The predicted molar refractivity (Wildman–Crippen MR) is 81.4 cm³/mol. The summed E-state index contributed by atoms with van der Waals surface area (Å²) in [6.45, 7) is 2.01. The van der Waals surface area contributed by atoms with Crippen LogP contribution < -0.4 is 11.1 Å². The van der Waals surface area contributed by atoms with Crippen LogP contribution >= 0.6 is 23.8 Å². The molecule has 0 amide bonds. The molecule has 1 atom stereocenters. The maximum Gasteiger partial charge on any atom is 0.223 e. The van der Waals surface area contributed by atoms with Crippen molar-refractivity contribution in [3.8, 4) is 0 Å². The summed E-state index contributed by atoms with van der Waals surface area (Å²) in [5, 5.41) is 3.90. The Hall–Kier alpha value is -1.72. The molecule has 0 fully saturated rings. The van der Waals surface area contributed by atoms with Gasteiger partial charge in [0.05, 0.1) is 6.04 Å². The van der Waals surface area contributed by atoms with Gasteiger partial charge in [-0.1, -0.05) is 36.0 Å². The van der Waals surface area contributed by atoms with E-state index in [1.807, 2.05) is 31.2 Å². The first kappa shape index (κ1) is 13.7. The van der Waals surface area contributed by atoms with Crippen molar-refractivity contribution in [1.82, 2.24) is 9.97 Å². The molecule has 0 saturated heterocycles. The largest absolute Gasteiger partial charge is 0.388 e. The highest BCUT2D eigenvalue weighted by Gasteiger charge is 2.08. The number of halogens is 1. The molecule has 1 aromatic heterocycles. The van der Waals surface area contributed by atoms with Gasteiger partial charge in [0.15, 0.2) is 0 Å². The number of aromatic nitrogens is 2. The van der Waals surface area contributed by atoms with Crippen LogP contribution in [0.25, 0.3) is 0 Å². The second-order valence-electron chi connectivity index (χ2n) is 4.05. The molecule has 19 heavy (non-hydrogen) atoms. The zero-order valence-electron chi connectivity index (χ0n) is 10.3. The summed E-state index contributed by atoms with van der Waals surface area (Å²) in [7, 11) is 0. The first-order chi connectivity index (χ1) is 9.06. The lowest BCUT2D eigenvalue weighted by atomic mass is 10.1. The van der Waals surface area contributed by atoms with Crippen LogP contribution in [-0.4, -0.2) is 15.0 Å². The second-order valence-corrected chi connectivity index (χ2v) is 4.92. The van der Waals surface area contributed by atoms with Gasteiger partial charge >= 0.3 is 0 Å². The molecule has 0 bridgehead atoms. The van der Waals surface area contributed by atoms with Crippen molar-refractivity contribution in [2.75, 3.05) is 5.32 Å². The number of thiocarbonyl (C=S) groups is 1. The van der Waals surface area contributed by atoms with E-state index >= 15 is 0 Å². The molecule has 0 aliphatic heterocycles. The van der Waals surface area contributed by atoms with Gasteiger partial charge in [0.1, 0.15) is 10.7 Å². The third-order valence-corrected chi connectivity index (χ3v) is 3.08. The van der Waals surface area contributed by atoms with Crippen LogP contribution in [0.15, 0.2) is 36.5 Å². The van der Waals surface area contributed by atoms with E-state index in [1.165, 1.54) is 0 Å². The van der Waals surface area contributed by atoms with Gasteiger partial charge in [0.25, 0.3) is 0 Å². The molecule has 0 spiro atoms. The predicted octanol–water partition coefficient (Wildman–Crippen LogP) is 2.94. The molecule has 0 aliphatic carbocycles.